The second kappa shape index (κ2) is 4.42. The Kier molecular flexibility index (Phi) is 2.96. The first kappa shape index (κ1) is 11.4. The number of hydrogen-bond acceptors (Lipinski definition) is 3. The predicted octanol–water partition coefficient (Wildman–Crippen LogP) is 1.75. The molecule has 5 heteroatoms. The van der Waals surface area contributed by atoms with E-state index in [-0.39, 0.29) is 5.56 Å². The van der Waals surface area contributed by atoms with Crippen molar-refractivity contribution in [2.75, 3.05) is 11.4 Å². The summed E-state index contributed by atoms with van der Waals surface area (Å²) in [6.45, 7) is 0.537. The van der Waals surface area contributed by atoms with Gasteiger partial charge in [-0.2, -0.15) is 5.26 Å². The molecular formula is C12H11FN2O2. The van der Waals surface area contributed by atoms with E-state index in [1.165, 1.54) is 12.1 Å². The minimum Gasteiger partial charge on any atom is -0.480 e. The summed E-state index contributed by atoms with van der Waals surface area (Å²) in [6.07, 6.45) is 1.26. The number of carbonyl (C=O) groups is 1. The molecule has 1 aliphatic heterocycles. The zero-order chi connectivity index (χ0) is 12.4. The smallest absolute Gasteiger partial charge is 0.326 e. The third-order valence-corrected chi connectivity index (χ3v) is 2.95. The van der Waals surface area contributed by atoms with Crippen LogP contribution in [-0.2, 0) is 4.79 Å². The highest BCUT2D eigenvalue weighted by Crippen LogP contribution is 2.29. The van der Waals surface area contributed by atoms with Crippen LogP contribution in [-0.4, -0.2) is 23.7 Å². The predicted molar refractivity (Wildman–Crippen MR) is 59.1 cm³/mol. The fraction of sp³-hybridized carbons (Fsp3) is 0.333. The Morgan fingerprint density at radius 2 is 2.35 bits per heavy atom. The van der Waals surface area contributed by atoms with E-state index in [4.69, 9.17) is 10.4 Å². The van der Waals surface area contributed by atoms with Crippen molar-refractivity contribution in [3.63, 3.8) is 0 Å². The molecule has 0 spiro atoms. The van der Waals surface area contributed by atoms with Crippen molar-refractivity contribution in [1.29, 1.82) is 5.26 Å². The molecule has 1 aromatic carbocycles. The zero-order valence-electron chi connectivity index (χ0n) is 9.06. The second-order valence-electron chi connectivity index (χ2n) is 3.94. The summed E-state index contributed by atoms with van der Waals surface area (Å²) >= 11 is 0. The Morgan fingerprint density at radius 3 is 3.00 bits per heavy atom. The van der Waals surface area contributed by atoms with E-state index in [9.17, 15) is 9.18 Å². The lowest BCUT2D eigenvalue weighted by Gasteiger charge is -2.24. The van der Waals surface area contributed by atoms with Gasteiger partial charge in [0.25, 0.3) is 0 Å². The largest absolute Gasteiger partial charge is 0.480 e. The molecule has 0 aromatic heterocycles. The number of anilines is 1. The molecule has 1 heterocycles. The molecule has 1 atom stereocenters. The minimum atomic E-state index is -0.935. The highest BCUT2D eigenvalue weighted by atomic mass is 19.1. The number of carboxylic acids is 1. The standard InChI is InChI=1S/C12H11FN2O2/c13-9-3-1-4-10(8(9)7-14)15-6-2-5-11(15)12(16)17/h1,3-4,11H,2,5-6H2,(H,16,17). The van der Waals surface area contributed by atoms with Crippen LogP contribution >= 0.6 is 0 Å². The molecule has 88 valence electrons. The van der Waals surface area contributed by atoms with Gasteiger partial charge < -0.3 is 10.0 Å². The first-order valence-corrected chi connectivity index (χ1v) is 5.33. The summed E-state index contributed by atoms with van der Waals surface area (Å²) in [5, 5.41) is 18.0. The molecule has 0 bridgehead atoms. The van der Waals surface area contributed by atoms with Gasteiger partial charge in [-0.15, -0.1) is 0 Å². The molecule has 1 N–H and O–H groups in total. The van der Waals surface area contributed by atoms with Crippen molar-refractivity contribution in [3.05, 3.63) is 29.6 Å². The number of aliphatic carboxylic acids is 1. The number of carboxylic acid groups (broad SMARTS) is 1. The van der Waals surface area contributed by atoms with Gasteiger partial charge in [-0.1, -0.05) is 6.07 Å². The van der Waals surface area contributed by atoms with E-state index in [2.05, 4.69) is 0 Å². The van der Waals surface area contributed by atoms with Crippen molar-refractivity contribution < 1.29 is 14.3 Å². The van der Waals surface area contributed by atoms with Gasteiger partial charge in [0.05, 0.1) is 5.69 Å². The summed E-state index contributed by atoms with van der Waals surface area (Å²) in [6, 6.07) is 5.40. The van der Waals surface area contributed by atoms with Crippen molar-refractivity contribution in [2.45, 2.75) is 18.9 Å². The lowest BCUT2D eigenvalue weighted by molar-refractivity contribution is -0.138. The third kappa shape index (κ3) is 1.94. The molecule has 2 rings (SSSR count). The van der Waals surface area contributed by atoms with Gasteiger partial charge >= 0.3 is 5.97 Å². The Labute approximate surface area is 97.9 Å². The van der Waals surface area contributed by atoms with Crippen LogP contribution < -0.4 is 4.90 Å². The Morgan fingerprint density at radius 1 is 1.59 bits per heavy atom. The number of hydrogen-bond donors (Lipinski definition) is 1. The average molecular weight is 234 g/mol. The number of nitrogens with zero attached hydrogens (tertiary/aromatic N) is 2. The monoisotopic (exact) mass is 234 g/mol. The molecule has 0 saturated carbocycles. The molecule has 1 aromatic rings. The lowest BCUT2D eigenvalue weighted by atomic mass is 10.1. The first-order valence-electron chi connectivity index (χ1n) is 5.33. The van der Waals surface area contributed by atoms with Gasteiger partial charge in [0.1, 0.15) is 23.5 Å². The van der Waals surface area contributed by atoms with Crippen LogP contribution in [0.1, 0.15) is 18.4 Å². The minimum absolute atomic E-state index is 0.0827. The number of rotatable bonds is 2. The average Bonchev–Trinajstić information content (AvgIpc) is 2.77. The van der Waals surface area contributed by atoms with Gasteiger partial charge in [0.2, 0.25) is 0 Å². The first-order chi connectivity index (χ1) is 8.15. The molecule has 1 unspecified atom stereocenters. The lowest BCUT2D eigenvalue weighted by Crippen LogP contribution is -2.36. The van der Waals surface area contributed by atoms with E-state index < -0.39 is 17.8 Å². The molecular weight excluding hydrogens is 223 g/mol. The SMILES string of the molecule is N#Cc1c(F)cccc1N1CCCC1C(=O)O. The summed E-state index contributed by atoms with van der Waals surface area (Å²) in [7, 11) is 0. The summed E-state index contributed by atoms with van der Waals surface area (Å²) in [5.41, 5.74) is 0.290. The molecule has 1 fully saturated rings. The molecule has 0 amide bonds. The van der Waals surface area contributed by atoms with Crippen molar-refractivity contribution in [2.24, 2.45) is 0 Å². The fourth-order valence-corrected chi connectivity index (χ4v) is 2.17. The van der Waals surface area contributed by atoms with Crippen LogP contribution in [0.5, 0.6) is 0 Å². The van der Waals surface area contributed by atoms with Crippen LogP contribution in [0.4, 0.5) is 10.1 Å². The highest BCUT2D eigenvalue weighted by Gasteiger charge is 2.32. The zero-order valence-corrected chi connectivity index (χ0v) is 9.06. The van der Waals surface area contributed by atoms with E-state index in [0.717, 1.165) is 6.42 Å². The maximum absolute atomic E-state index is 13.4. The van der Waals surface area contributed by atoms with Crippen molar-refractivity contribution in [1.82, 2.24) is 0 Å². The van der Waals surface area contributed by atoms with Crippen LogP contribution in [0.15, 0.2) is 18.2 Å². The van der Waals surface area contributed by atoms with E-state index in [0.29, 0.717) is 18.7 Å². The summed E-state index contributed by atoms with van der Waals surface area (Å²) in [4.78, 5) is 12.6. The van der Waals surface area contributed by atoms with E-state index in [1.807, 2.05) is 0 Å². The number of halogens is 1. The fourth-order valence-electron chi connectivity index (χ4n) is 2.17. The van der Waals surface area contributed by atoms with Crippen LogP contribution in [0.2, 0.25) is 0 Å². The third-order valence-electron chi connectivity index (χ3n) is 2.95. The number of benzene rings is 1. The van der Waals surface area contributed by atoms with Crippen LogP contribution in [0.3, 0.4) is 0 Å². The molecule has 1 saturated heterocycles. The normalized spacial score (nSPS) is 19.1. The van der Waals surface area contributed by atoms with E-state index in [1.54, 1.807) is 17.0 Å². The Balaban J connectivity index is 2.44. The van der Waals surface area contributed by atoms with Gasteiger partial charge in [-0.25, -0.2) is 9.18 Å². The van der Waals surface area contributed by atoms with Gasteiger partial charge in [0.15, 0.2) is 0 Å². The topological polar surface area (TPSA) is 64.3 Å². The van der Waals surface area contributed by atoms with Crippen LogP contribution in [0.25, 0.3) is 0 Å². The molecule has 0 radical (unpaired) electrons. The van der Waals surface area contributed by atoms with Crippen LogP contribution in [0, 0.1) is 17.1 Å². The second-order valence-corrected chi connectivity index (χ2v) is 3.94. The number of nitriles is 1. The summed E-state index contributed by atoms with van der Waals surface area (Å²) < 4.78 is 13.4. The molecule has 4 nitrogen and oxygen atoms in total. The Bertz CT molecular complexity index is 496. The Hall–Kier alpha value is -2.09. The molecule has 1 aliphatic rings. The highest BCUT2D eigenvalue weighted by molar-refractivity contribution is 5.80. The quantitative estimate of drug-likeness (QED) is 0.846. The molecule has 17 heavy (non-hydrogen) atoms. The van der Waals surface area contributed by atoms with Crippen molar-refractivity contribution >= 4 is 11.7 Å². The maximum atomic E-state index is 13.4. The molecule has 0 aliphatic carbocycles. The van der Waals surface area contributed by atoms with E-state index >= 15 is 0 Å². The van der Waals surface area contributed by atoms with Crippen molar-refractivity contribution in [3.8, 4) is 6.07 Å². The van der Waals surface area contributed by atoms with Gasteiger partial charge in [-0.3, -0.25) is 0 Å². The van der Waals surface area contributed by atoms with Gasteiger partial charge in [-0.05, 0) is 25.0 Å². The summed E-state index contributed by atoms with van der Waals surface area (Å²) in [5.74, 6) is -1.54. The maximum Gasteiger partial charge on any atom is 0.326 e. The van der Waals surface area contributed by atoms with Gasteiger partial charge in [0, 0.05) is 6.54 Å².